The number of ether oxygens (including phenoxy) is 3. The second kappa shape index (κ2) is 11.7. The standard InChI is InChI=1S/C24H29NO5/c1-5-29-24(27)19-8-6-7-9-20(19)25-23(26)13-11-18-10-12-21(22(16-18)28-4)30-15-14-17(2)3/h6-13,16-17H,5,14-15H2,1-4H3,(H,25,26)/b13-11+. The molecule has 6 nitrogen and oxygen atoms in total. The van der Waals surface area contributed by atoms with E-state index in [9.17, 15) is 9.59 Å². The Morgan fingerprint density at radius 3 is 2.57 bits per heavy atom. The molecular weight excluding hydrogens is 382 g/mol. The van der Waals surface area contributed by atoms with Crippen LogP contribution in [0.2, 0.25) is 0 Å². The average Bonchev–Trinajstić information content (AvgIpc) is 2.73. The van der Waals surface area contributed by atoms with Crippen molar-refractivity contribution in [2.24, 2.45) is 5.92 Å². The number of carbonyl (C=O) groups excluding carboxylic acids is 2. The van der Waals surface area contributed by atoms with E-state index in [1.54, 1.807) is 50.4 Å². The molecule has 0 aliphatic carbocycles. The van der Waals surface area contributed by atoms with Crippen LogP contribution in [0.4, 0.5) is 5.69 Å². The van der Waals surface area contributed by atoms with Gasteiger partial charge in [0, 0.05) is 6.08 Å². The third kappa shape index (κ3) is 6.95. The number of rotatable bonds is 10. The lowest BCUT2D eigenvalue weighted by molar-refractivity contribution is -0.111. The van der Waals surface area contributed by atoms with Gasteiger partial charge in [0.2, 0.25) is 5.91 Å². The molecule has 0 bridgehead atoms. The van der Waals surface area contributed by atoms with Gasteiger partial charge in [-0.15, -0.1) is 0 Å². The summed E-state index contributed by atoms with van der Waals surface area (Å²) in [6.07, 6.45) is 4.02. The molecule has 0 saturated heterocycles. The van der Waals surface area contributed by atoms with Crippen LogP contribution in [0.3, 0.4) is 0 Å². The van der Waals surface area contributed by atoms with Crippen LogP contribution in [-0.4, -0.2) is 32.2 Å². The molecule has 2 rings (SSSR count). The van der Waals surface area contributed by atoms with Crippen LogP contribution < -0.4 is 14.8 Å². The largest absolute Gasteiger partial charge is 0.493 e. The van der Waals surface area contributed by atoms with Crippen molar-refractivity contribution in [3.63, 3.8) is 0 Å². The summed E-state index contributed by atoms with van der Waals surface area (Å²) in [6, 6.07) is 12.2. The van der Waals surface area contributed by atoms with Gasteiger partial charge in [0.25, 0.3) is 0 Å². The van der Waals surface area contributed by atoms with Gasteiger partial charge in [-0.1, -0.05) is 32.0 Å². The van der Waals surface area contributed by atoms with Crippen molar-refractivity contribution < 1.29 is 23.8 Å². The van der Waals surface area contributed by atoms with E-state index in [1.807, 2.05) is 12.1 Å². The van der Waals surface area contributed by atoms with Gasteiger partial charge in [0.05, 0.1) is 31.6 Å². The monoisotopic (exact) mass is 411 g/mol. The van der Waals surface area contributed by atoms with Gasteiger partial charge < -0.3 is 19.5 Å². The molecule has 0 atom stereocenters. The first-order valence-corrected chi connectivity index (χ1v) is 10.0. The molecule has 0 aliphatic heterocycles. The number of benzene rings is 2. The fraction of sp³-hybridized carbons (Fsp3) is 0.333. The Morgan fingerprint density at radius 1 is 1.10 bits per heavy atom. The summed E-state index contributed by atoms with van der Waals surface area (Å²) in [5.41, 5.74) is 1.50. The van der Waals surface area contributed by atoms with Crippen LogP contribution >= 0.6 is 0 Å². The molecule has 160 valence electrons. The first kappa shape index (κ1) is 23.0. The van der Waals surface area contributed by atoms with E-state index in [0.29, 0.717) is 35.3 Å². The number of nitrogens with one attached hydrogen (secondary N) is 1. The fourth-order valence-corrected chi connectivity index (χ4v) is 2.64. The number of amides is 1. The van der Waals surface area contributed by atoms with Crippen LogP contribution in [0, 0.1) is 5.92 Å². The lowest BCUT2D eigenvalue weighted by Crippen LogP contribution is -2.13. The van der Waals surface area contributed by atoms with Gasteiger partial charge in [0.1, 0.15) is 0 Å². The minimum atomic E-state index is -0.477. The molecule has 0 unspecified atom stereocenters. The summed E-state index contributed by atoms with van der Waals surface area (Å²) in [5.74, 6) is 1.00. The van der Waals surface area contributed by atoms with Crippen LogP contribution in [0.25, 0.3) is 6.08 Å². The van der Waals surface area contributed by atoms with Gasteiger partial charge in [0.15, 0.2) is 11.5 Å². The number of esters is 1. The van der Waals surface area contributed by atoms with Gasteiger partial charge in [-0.05, 0) is 55.2 Å². The van der Waals surface area contributed by atoms with Gasteiger partial charge >= 0.3 is 5.97 Å². The van der Waals surface area contributed by atoms with Gasteiger partial charge in [-0.25, -0.2) is 4.79 Å². The summed E-state index contributed by atoms with van der Waals surface area (Å²) in [6.45, 7) is 6.90. The van der Waals surface area contributed by atoms with Crippen LogP contribution in [-0.2, 0) is 9.53 Å². The zero-order valence-electron chi connectivity index (χ0n) is 17.9. The predicted molar refractivity (Wildman–Crippen MR) is 118 cm³/mol. The number of anilines is 1. The van der Waals surface area contributed by atoms with E-state index in [4.69, 9.17) is 14.2 Å². The number of hydrogen-bond donors (Lipinski definition) is 1. The number of para-hydroxylation sites is 1. The second-order valence-electron chi connectivity index (χ2n) is 7.03. The highest BCUT2D eigenvalue weighted by atomic mass is 16.5. The fourth-order valence-electron chi connectivity index (χ4n) is 2.64. The first-order chi connectivity index (χ1) is 14.4. The smallest absolute Gasteiger partial charge is 0.340 e. The normalized spacial score (nSPS) is 10.8. The van der Waals surface area contributed by atoms with E-state index in [1.165, 1.54) is 6.08 Å². The lowest BCUT2D eigenvalue weighted by Gasteiger charge is -2.12. The van der Waals surface area contributed by atoms with Crippen LogP contribution in [0.5, 0.6) is 11.5 Å². The Morgan fingerprint density at radius 2 is 1.87 bits per heavy atom. The van der Waals surface area contributed by atoms with Gasteiger partial charge in [-0.2, -0.15) is 0 Å². The summed E-state index contributed by atoms with van der Waals surface area (Å²) < 4.78 is 16.2. The summed E-state index contributed by atoms with van der Waals surface area (Å²) in [5, 5.41) is 2.72. The number of methoxy groups -OCH3 is 1. The summed E-state index contributed by atoms with van der Waals surface area (Å²) >= 11 is 0. The highest BCUT2D eigenvalue weighted by Crippen LogP contribution is 2.29. The first-order valence-electron chi connectivity index (χ1n) is 10.0. The third-order valence-corrected chi connectivity index (χ3v) is 4.25. The summed E-state index contributed by atoms with van der Waals surface area (Å²) in [7, 11) is 1.58. The molecule has 0 saturated carbocycles. The van der Waals surface area contributed by atoms with Crippen LogP contribution in [0.1, 0.15) is 43.1 Å². The highest BCUT2D eigenvalue weighted by Gasteiger charge is 2.13. The quantitative estimate of drug-likeness (QED) is 0.442. The van der Waals surface area contributed by atoms with E-state index in [-0.39, 0.29) is 12.5 Å². The molecule has 1 amide bonds. The molecule has 30 heavy (non-hydrogen) atoms. The lowest BCUT2D eigenvalue weighted by atomic mass is 10.1. The van der Waals surface area contributed by atoms with E-state index in [2.05, 4.69) is 19.2 Å². The molecule has 1 N–H and O–H groups in total. The van der Waals surface area contributed by atoms with Crippen LogP contribution in [0.15, 0.2) is 48.5 Å². The van der Waals surface area contributed by atoms with Crippen molar-refractivity contribution in [3.8, 4) is 11.5 Å². The van der Waals surface area contributed by atoms with E-state index in [0.717, 1.165) is 12.0 Å². The van der Waals surface area contributed by atoms with Crippen molar-refractivity contribution in [1.82, 2.24) is 0 Å². The minimum Gasteiger partial charge on any atom is -0.493 e. The van der Waals surface area contributed by atoms with E-state index >= 15 is 0 Å². The molecule has 6 heteroatoms. The molecular formula is C24H29NO5. The topological polar surface area (TPSA) is 73.9 Å². The zero-order chi connectivity index (χ0) is 21.9. The minimum absolute atomic E-state index is 0.264. The highest BCUT2D eigenvalue weighted by molar-refractivity contribution is 6.06. The van der Waals surface area contributed by atoms with E-state index < -0.39 is 5.97 Å². The Hall–Kier alpha value is -3.28. The maximum atomic E-state index is 12.3. The zero-order valence-corrected chi connectivity index (χ0v) is 17.9. The predicted octanol–water partition coefficient (Wildman–Crippen LogP) is 4.95. The molecule has 2 aromatic rings. The van der Waals surface area contributed by atoms with Crippen molar-refractivity contribution >= 4 is 23.6 Å². The Bertz CT molecular complexity index is 889. The maximum Gasteiger partial charge on any atom is 0.340 e. The van der Waals surface area contributed by atoms with Crippen molar-refractivity contribution in [3.05, 3.63) is 59.7 Å². The molecule has 0 radical (unpaired) electrons. The number of hydrogen-bond acceptors (Lipinski definition) is 5. The van der Waals surface area contributed by atoms with Crippen molar-refractivity contribution in [2.45, 2.75) is 27.2 Å². The van der Waals surface area contributed by atoms with Gasteiger partial charge in [-0.3, -0.25) is 4.79 Å². The molecule has 0 spiro atoms. The third-order valence-electron chi connectivity index (χ3n) is 4.25. The molecule has 0 heterocycles. The average molecular weight is 411 g/mol. The SMILES string of the molecule is CCOC(=O)c1ccccc1NC(=O)/C=C/c1ccc(OCCC(C)C)c(OC)c1. The maximum absolute atomic E-state index is 12.3. The van der Waals surface area contributed by atoms with Crippen molar-refractivity contribution in [2.75, 3.05) is 25.6 Å². The molecule has 0 fully saturated rings. The molecule has 0 aliphatic rings. The van der Waals surface area contributed by atoms with Crippen molar-refractivity contribution in [1.29, 1.82) is 0 Å². The Kier molecular flexibility index (Phi) is 8.94. The molecule has 2 aromatic carbocycles. The molecule has 0 aromatic heterocycles. The second-order valence-corrected chi connectivity index (χ2v) is 7.03. The Labute approximate surface area is 177 Å². The summed E-state index contributed by atoms with van der Waals surface area (Å²) in [4.78, 5) is 24.4. The number of carbonyl (C=O) groups is 2. The Balaban J connectivity index is 2.05.